The molecule has 3 aromatic carbocycles. The third-order valence-corrected chi connectivity index (χ3v) is 7.47. The zero-order valence-electron chi connectivity index (χ0n) is 21.9. The summed E-state index contributed by atoms with van der Waals surface area (Å²) < 4.78 is 11.4. The van der Waals surface area contributed by atoms with E-state index in [1.807, 2.05) is 68.4 Å². The maximum Gasteiger partial charge on any atom is 0.337 e. The molecule has 7 heteroatoms. The lowest BCUT2D eigenvalue weighted by Gasteiger charge is -2.36. The maximum atomic E-state index is 13.8. The number of phenolic OH excluding ortho intramolecular Hbond substituents is 1. The number of Topliss-reactive ketones (excluding diaryl/α,β-unsaturated/α-hetero) is 1. The molecule has 0 aromatic heterocycles. The first-order valence-electron chi connectivity index (χ1n) is 13.0. The van der Waals surface area contributed by atoms with E-state index in [4.69, 9.17) is 21.1 Å². The second-order valence-electron chi connectivity index (χ2n) is 9.79. The highest BCUT2D eigenvalue weighted by atomic mass is 35.5. The molecule has 39 heavy (non-hydrogen) atoms. The van der Waals surface area contributed by atoms with Crippen molar-refractivity contribution in [2.24, 2.45) is 0 Å². The molecule has 1 aliphatic heterocycles. The number of allylic oxidation sites excluding steroid dienone is 3. The zero-order valence-corrected chi connectivity index (χ0v) is 22.6. The summed E-state index contributed by atoms with van der Waals surface area (Å²) in [5.74, 6) is -0.925. The summed E-state index contributed by atoms with van der Waals surface area (Å²) in [4.78, 5) is 27.4. The van der Waals surface area contributed by atoms with Gasteiger partial charge in [0, 0.05) is 34.3 Å². The largest absolute Gasteiger partial charge is 0.504 e. The minimum Gasteiger partial charge on any atom is -0.504 e. The molecule has 1 aliphatic carbocycles. The van der Waals surface area contributed by atoms with E-state index in [1.165, 1.54) is 6.07 Å². The van der Waals surface area contributed by atoms with Gasteiger partial charge in [-0.05, 0) is 67.1 Å². The van der Waals surface area contributed by atoms with Crippen molar-refractivity contribution in [2.45, 2.75) is 45.1 Å². The summed E-state index contributed by atoms with van der Waals surface area (Å²) in [5.41, 5.74) is 4.92. The van der Waals surface area contributed by atoms with Gasteiger partial charge in [0.05, 0.1) is 12.2 Å². The van der Waals surface area contributed by atoms with Gasteiger partial charge >= 0.3 is 5.97 Å². The first kappa shape index (κ1) is 26.6. The van der Waals surface area contributed by atoms with Crippen molar-refractivity contribution < 1.29 is 24.2 Å². The zero-order chi connectivity index (χ0) is 27.5. The first-order valence-corrected chi connectivity index (χ1v) is 13.4. The number of nitrogens with one attached hydrogen (secondary N) is 1. The monoisotopic (exact) mass is 543 g/mol. The smallest absolute Gasteiger partial charge is 0.337 e. The molecule has 3 aromatic rings. The van der Waals surface area contributed by atoms with Crippen LogP contribution in [0.4, 0.5) is 0 Å². The summed E-state index contributed by atoms with van der Waals surface area (Å²) in [6.07, 6.45) is 0.916. The van der Waals surface area contributed by atoms with Gasteiger partial charge in [0.15, 0.2) is 17.3 Å². The summed E-state index contributed by atoms with van der Waals surface area (Å²) in [7, 11) is 0. The quantitative estimate of drug-likeness (QED) is 0.329. The number of hydrogen-bond donors (Lipinski definition) is 2. The normalized spacial score (nSPS) is 18.9. The molecule has 0 saturated carbocycles. The van der Waals surface area contributed by atoms with Crippen molar-refractivity contribution in [3.8, 4) is 11.5 Å². The summed E-state index contributed by atoms with van der Waals surface area (Å²) in [6, 6.07) is 22.0. The van der Waals surface area contributed by atoms with Gasteiger partial charge in [-0.25, -0.2) is 4.79 Å². The van der Waals surface area contributed by atoms with Crippen LogP contribution in [-0.2, 0) is 20.9 Å². The van der Waals surface area contributed by atoms with Gasteiger partial charge in [-0.15, -0.1) is 0 Å². The van der Waals surface area contributed by atoms with Gasteiger partial charge in [-0.2, -0.15) is 0 Å². The maximum absolute atomic E-state index is 13.8. The molecule has 0 radical (unpaired) electrons. The fourth-order valence-electron chi connectivity index (χ4n) is 5.40. The van der Waals surface area contributed by atoms with Gasteiger partial charge in [0.2, 0.25) is 0 Å². The van der Waals surface area contributed by atoms with Crippen LogP contribution in [0.1, 0.15) is 55.2 Å². The molecule has 0 amide bonds. The second-order valence-corrected chi connectivity index (χ2v) is 10.2. The van der Waals surface area contributed by atoms with Crippen LogP contribution in [0, 0.1) is 0 Å². The molecule has 6 nitrogen and oxygen atoms in total. The summed E-state index contributed by atoms with van der Waals surface area (Å²) >= 11 is 6.09. The summed E-state index contributed by atoms with van der Waals surface area (Å²) in [5, 5.41) is 14.4. The molecule has 0 saturated heterocycles. The average molecular weight is 544 g/mol. The molecule has 2 aliphatic rings. The number of rotatable bonds is 7. The number of aromatic hydroxyl groups is 1. The molecular formula is C32H30ClNO5. The number of ether oxygens (including phenoxy) is 2. The van der Waals surface area contributed by atoms with Crippen LogP contribution in [0.5, 0.6) is 11.5 Å². The lowest BCUT2D eigenvalue weighted by molar-refractivity contribution is -0.140. The Balaban J connectivity index is 1.54. The van der Waals surface area contributed by atoms with Gasteiger partial charge in [-0.3, -0.25) is 4.79 Å². The number of phenols is 1. The van der Waals surface area contributed by atoms with E-state index in [-0.39, 0.29) is 24.1 Å². The molecule has 0 spiro atoms. The standard InChI is InChI=1S/C32H30ClNO5/c1-3-38-28-17-22(11-14-26(28)35)30-29(32(37)39-18-20-7-5-4-6-8-20)19(2)34-25-15-23(16-27(36)31(25)30)21-9-12-24(33)13-10-21/h4-14,17,23,30,34-35H,3,15-16,18H2,1-2H3/t23-,30-/m1/s1. The first-order chi connectivity index (χ1) is 18.9. The molecule has 1 heterocycles. The number of carbonyl (C=O) groups excluding carboxylic acids is 2. The van der Waals surface area contributed by atoms with Crippen molar-refractivity contribution in [3.05, 3.63) is 117 Å². The number of carbonyl (C=O) groups is 2. The van der Waals surface area contributed by atoms with E-state index in [0.717, 1.165) is 16.8 Å². The third kappa shape index (κ3) is 5.57. The van der Waals surface area contributed by atoms with Crippen molar-refractivity contribution in [1.29, 1.82) is 0 Å². The molecule has 2 atom stereocenters. The minimum absolute atomic E-state index is 0.00424. The Kier molecular flexibility index (Phi) is 7.75. The molecular weight excluding hydrogens is 514 g/mol. The number of dihydropyridines is 1. The second kappa shape index (κ2) is 11.4. The molecule has 0 bridgehead atoms. The SMILES string of the molecule is CCOc1cc([C@@H]2C(C(=O)OCc3ccccc3)=C(C)NC3=C2C(=O)C[C@H](c2ccc(Cl)cc2)C3)ccc1O. The van der Waals surface area contributed by atoms with E-state index in [2.05, 4.69) is 5.32 Å². The van der Waals surface area contributed by atoms with E-state index < -0.39 is 11.9 Å². The van der Waals surface area contributed by atoms with E-state index in [9.17, 15) is 14.7 Å². The Morgan fingerprint density at radius 1 is 1.03 bits per heavy atom. The predicted molar refractivity (Wildman–Crippen MR) is 150 cm³/mol. The van der Waals surface area contributed by atoms with Crippen LogP contribution in [0.3, 0.4) is 0 Å². The highest BCUT2D eigenvalue weighted by Gasteiger charge is 2.41. The number of benzene rings is 3. The van der Waals surface area contributed by atoms with Crippen LogP contribution in [0.2, 0.25) is 5.02 Å². The predicted octanol–water partition coefficient (Wildman–Crippen LogP) is 6.55. The highest BCUT2D eigenvalue weighted by Crippen LogP contribution is 2.47. The van der Waals surface area contributed by atoms with Crippen molar-refractivity contribution >= 4 is 23.4 Å². The van der Waals surface area contributed by atoms with Gasteiger partial charge in [0.1, 0.15) is 6.61 Å². The highest BCUT2D eigenvalue weighted by molar-refractivity contribution is 6.30. The molecule has 200 valence electrons. The average Bonchev–Trinajstić information content (AvgIpc) is 2.93. The minimum atomic E-state index is -0.664. The Bertz CT molecular complexity index is 1460. The van der Waals surface area contributed by atoms with Crippen LogP contribution < -0.4 is 10.1 Å². The fraction of sp³-hybridized carbons (Fsp3) is 0.250. The summed E-state index contributed by atoms with van der Waals surface area (Å²) in [6.45, 7) is 4.13. The molecule has 5 rings (SSSR count). The van der Waals surface area contributed by atoms with Gasteiger partial charge in [0.25, 0.3) is 0 Å². The Morgan fingerprint density at radius 2 is 1.74 bits per heavy atom. The Morgan fingerprint density at radius 3 is 2.46 bits per heavy atom. The van der Waals surface area contributed by atoms with Crippen LogP contribution in [-0.4, -0.2) is 23.5 Å². The van der Waals surface area contributed by atoms with Crippen molar-refractivity contribution in [3.63, 3.8) is 0 Å². The Labute approximate surface area is 232 Å². The third-order valence-electron chi connectivity index (χ3n) is 7.22. The van der Waals surface area contributed by atoms with Crippen molar-refractivity contribution in [1.82, 2.24) is 5.32 Å². The van der Waals surface area contributed by atoms with Gasteiger partial charge in [-0.1, -0.05) is 60.1 Å². The number of hydrogen-bond acceptors (Lipinski definition) is 6. The number of esters is 1. The number of halogens is 1. The molecule has 0 unspecified atom stereocenters. The molecule has 0 fully saturated rings. The van der Waals surface area contributed by atoms with Crippen LogP contribution >= 0.6 is 11.6 Å². The van der Waals surface area contributed by atoms with Crippen LogP contribution in [0.25, 0.3) is 0 Å². The van der Waals surface area contributed by atoms with E-state index in [1.54, 1.807) is 12.1 Å². The van der Waals surface area contributed by atoms with E-state index in [0.29, 0.717) is 52.6 Å². The lowest BCUT2D eigenvalue weighted by atomic mass is 9.71. The number of ketones is 1. The lowest BCUT2D eigenvalue weighted by Crippen LogP contribution is -2.36. The van der Waals surface area contributed by atoms with E-state index >= 15 is 0 Å². The Hall–Kier alpha value is -4.03. The topological polar surface area (TPSA) is 84.9 Å². The molecule has 2 N–H and O–H groups in total. The van der Waals surface area contributed by atoms with Gasteiger partial charge < -0.3 is 19.9 Å². The van der Waals surface area contributed by atoms with Crippen molar-refractivity contribution in [2.75, 3.05) is 6.61 Å². The fourth-order valence-corrected chi connectivity index (χ4v) is 5.52. The van der Waals surface area contributed by atoms with Crippen LogP contribution in [0.15, 0.2) is 95.3 Å².